The summed E-state index contributed by atoms with van der Waals surface area (Å²) < 4.78 is 5.79. The Balaban J connectivity index is 1.73. The normalized spacial score (nSPS) is 10.8. The molecule has 0 aliphatic heterocycles. The zero-order chi connectivity index (χ0) is 20.0. The number of benzene rings is 2. The molecule has 3 heteroatoms. The van der Waals surface area contributed by atoms with E-state index in [1.54, 1.807) is 0 Å². The molecule has 0 atom stereocenters. The van der Waals surface area contributed by atoms with Crippen molar-refractivity contribution in [1.82, 2.24) is 0 Å². The van der Waals surface area contributed by atoms with Gasteiger partial charge in [0, 0.05) is 10.5 Å². The van der Waals surface area contributed by atoms with Gasteiger partial charge in [-0.1, -0.05) is 64.5 Å². The summed E-state index contributed by atoms with van der Waals surface area (Å²) in [5.41, 5.74) is 2.05. The molecule has 152 valence electrons. The lowest BCUT2D eigenvalue weighted by Crippen LogP contribution is -1.98. The fourth-order valence-corrected chi connectivity index (χ4v) is 3.77. The molecule has 0 saturated carbocycles. The van der Waals surface area contributed by atoms with Gasteiger partial charge in [-0.25, -0.2) is 0 Å². The lowest BCUT2D eigenvalue weighted by Gasteiger charge is -2.07. The molecule has 28 heavy (non-hydrogen) atoms. The Labute approximate surface area is 175 Å². The monoisotopic (exact) mass is 398 g/mol. The Bertz CT molecular complexity index is 677. The number of carbonyl (C=O) groups excluding carboxylic acids is 1. The highest BCUT2D eigenvalue weighted by Gasteiger charge is 2.08. The van der Waals surface area contributed by atoms with Crippen LogP contribution in [0.3, 0.4) is 0 Å². The molecule has 2 aromatic rings. The van der Waals surface area contributed by atoms with Gasteiger partial charge in [-0.15, -0.1) is 0 Å². The van der Waals surface area contributed by atoms with Crippen LogP contribution >= 0.6 is 11.8 Å². The quantitative estimate of drug-likeness (QED) is 0.255. The standard InChI is InChI=1S/C25H34O2S/c1-3-5-7-8-9-10-20-27-23-16-14-22(15-17-23)25(26)28-24-18-12-21(13-19-24)11-6-4-2/h12-19H,3-11,20H2,1-2H3. The molecule has 2 nitrogen and oxygen atoms in total. The predicted octanol–water partition coefficient (Wildman–Crippen LogP) is 7.70. The highest BCUT2D eigenvalue weighted by Crippen LogP contribution is 2.25. The minimum Gasteiger partial charge on any atom is -0.494 e. The number of hydrogen-bond acceptors (Lipinski definition) is 3. The fraction of sp³-hybridized carbons (Fsp3) is 0.480. The van der Waals surface area contributed by atoms with Crippen LogP contribution in [0.2, 0.25) is 0 Å². The van der Waals surface area contributed by atoms with Gasteiger partial charge in [0.1, 0.15) is 5.75 Å². The second-order valence-corrected chi connectivity index (χ2v) is 8.32. The van der Waals surface area contributed by atoms with Gasteiger partial charge < -0.3 is 4.74 Å². The van der Waals surface area contributed by atoms with E-state index in [-0.39, 0.29) is 5.12 Å². The second-order valence-electron chi connectivity index (χ2n) is 7.28. The zero-order valence-electron chi connectivity index (χ0n) is 17.4. The van der Waals surface area contributed by atoms with Crippen LogP contribution in [0.15, 0.2) is 53.4 Å². The van der Waals surface area contributed by atoms with E-state index < -0.39 is 0 Å². The van der Waals surface area contributed by atoms with Gasteiger partial charge >= 0.3 is 0 Å². The first-order chi connectivity index (χ1) is 13.7. The maximum absolute atomic E-state index is 12.5. The van der Waals surface area contributed by atoms with Crippen LogP contribution in [0.1, 0.15) is 81.1 Å². The van der Waals surface area contributed by atoms with Gasteiger partial charge in [-0.3, -0.25) is 4.79 Å². The Morgan fingerprint density at radius 3 is 2.11 bits per heavy atom. The SMILES string of the molecule is CCCCCCCCOc1ccc(C(=O)Sc2ccc(CCCC)cc2)cc1. The van der Waals surface area contributed by atoms with Crippen molar-refractivity contribution >= 4 is 16.9 Å². The lowest BCUT2D eigenvalue weighted by atomic mass is 10.1. The van der Waals surface area contributed by atoms with Gasteiger partial charge in [-0.05, 0) is 73.0 Å². The van der Waals surface area contributed by atoms with E-state index in [1.807, 2.05) is 36.4 Å². The Hall–Kier alpha value is -1.74. The number of thioether (sulfide) groups is 1. The molecular formula is C25H34O2S. The highest BCUT2D eigenvalue weighted by molar-refractivity contribution is 8.14. The molecule has 0 spiro atoms. The third kappa shape index (κ3) is 8.52. The van der Waals surface area contributed by atoms with Crippen LogP contribution in [0.5, 0.6) is 5.75 Å². The van der Waals surface area contributed by atoms with E-state index in [0.717, 1.165) is 30.1 Å². The summed E-state index contributed by atoms with van der Waals surface area (Å²) in [5.74, 6) is 0.843. The van der Waals surface area contributed by atoms with E-state index in [0.29, 0.717) is 5.56 Å². The van der Waals surface area contributed by atoms with Crippen molar-refractivity contribution in [2.75, 3.05) is 6.61 Å². The Kier molecular flexibility index (Phi) is 10.8. The molecule has 0 radical (unpaired) electrons. The summed E-state index contributed by atoms with van der Waals surface area (Å²) in [4.78, 5) is 13.5. The third-order valence-corrected chi connectivity index (χ3v) is 5.74. The molecule has 2 rings (SSSR count). The first-order valence-corrected chi connectivity index (χ1v) is 11.6. The van der Waals surface area contributed by atoms with Crippen molar-refractivity contribution < 1.29 is 9.53 Å². The number of aryl methyl sites for hydroxylation is 1. The maximum Gasteiger partial charge on any atom is 0.224 e. The molecule has 0 unspecified atom stereocenters. The van der Waals surface area contributed by atoms with Crippen LogP contribution in [0, 0.1) is 0 Å². The number of rotatable bonds is 13. The summed E-state index contributed by atoms with van der Waals surface area (Å²) in [6.45, 7) is 5.19. The second kappa shape index (κ2) is 13.4. The van der Waals surface area contributed by atoms with Crippen molar-refractivity contribution in [3.8, 4) is 5.75 Å². The van der Waals surface area contributed by atoms with Crippen LogP contribution in [0.25, 0.3) is 0 Å². The summed E-state index contributed by atoms with van der Waals surface area (Å²) in [5, 5.41) is 0.0729. The molecule has 0 aliphatic carbocycles. The van der Waals surface area contributed by atoms with Gasteiger partial charge in [-0.2, -0.15) is 0 Å². The van der Waals surface area contributed by atoms with Crippen molar-refractivity contribution in [3.63, 3.8) is 0 Å². The molecule has 0 N–H and O–H groups in total. The molecule has 0 aromatic heterocycles. The van der Waals surface area contributed by atoms with E-state index >= 15 is 0 Å². The molecule has 0 bridgehead atoms. The smallest absolute Gasteiger partial charge is 0.224 e. The summed E-state index contributed by atoms with van der Waals surface area (Å²) in [6.07, 6.45) is 11.1. The highest BCUT2D eigenvalue weighted by atomic mass is 32.2. The minimum absolute atomic E-state index is 0.0729. The lowest BCUT2D eigenvalue weighted by molar-refractivity contribution is 0.108. The minimum atomic E-state index is 0.0729. The van der Waals surface area contributed by atoms with Crippen molar-refractivity contribution in [2.45, 2.75) is 76.5 Å². The van der Waals surface area contributed by atoms with Gasteiger partial charge in [0.2, 0.25) is 5.12 Å². The van der Waals surface area contributed by atoms with Crippen molar-refractivity contribution in [1.29, 1.82) is 0 Å². The van der Waals surface area contributed by atoms with Crippen LogP contribution in [0.4, 0.5) is 0 Å². The summed E-state index contributed by atoms with van der Waals surface area (Å²) >= 11 is 1.29. The van der Waals surface area contributed by atoms with Gasteiger partial charge in [0.05, 0.1) is 6.61 Å². The predicted molar refractivity (Wildman–Crippen MR) is 121 cm³/mol. The van der Waals surface area contributed by atoms with E-state index in [2.05, 4.69) is 26.0 Å². The fourth-order valence-electron chi connectivity index (χ4n) is 3.03. The zero-order valence-corrected chi connectivity index (χ0v) is 18.2. The average molecular weight is 399 g/mol. The van der Waals surface area contributed by atoms with Crippen molar-refractivity contribution in [2.24, 2.45) is 0 Å². The van der Waals surface area contributed by atoms with Crippen LogP contribution < -0.4 is 4.74 Å². The molecule has 0 fully saturated rings. The van der Waals surface area contributed by atoms with Gasteiger partial charge in [0.15, 0.2) is 0 Å². The van der Waals surface area contributed by atoms with Crippen LogP contribution in [-0.2, 0) is 6.42 Å². The number of carbonyl (C=O) groups is 1. The first kappa shape index (κ1) is 22.5. The van der Waals surface area contributed by atoms with Crippen LogP contribution in [-0.4, -0.2) is 11.7 Å². The summed E-state index contributed by atoms with van der Waals surface area (Å²) in [6, 6.07) is 15.9. The topological polar surface area (TPSA) is 26.3 Å². The number of ether oxygens (including phenoxy) is 1. The van der Waals surface area contributed by atoms with E-state index in [1.165, 1.54) is 62.3 Å². The van der Waals surface area contributed by atoms with E-state index in [9.17, 15) is 4.79 Å². The third-order valence-electron chi connectivity index (χ3n) is 4.81. The first-order valence-electron chi connectivity index (χ1n) is 10.8. The molecule has 0 saturated heterocycles. The Morgan fingerprint density at radius 1 is 0.786 bits per heavy atom. The largest absolute Gasteiger partial charge is 0.494 e. The van der Waals surface area contributed by atoms with Crippen molar-refractivity contribution in [3.05, 3.63) is 59.7 Å². The molecular weight excluding hydrogens is 364 g/mol. The van der Waals surface area contributed by atoms with E-state index in [4.69, 9.17) is 4.74 Å². The molecule has 0 heterocycles. The number of unbranched alkanes of at least 4 members (excludes halogenated alkanes) is 6. The molecule has 0 aliphatic rings. The van der Waals surface area contributed by atoms with Gasteiger partial charge in [0.25, 0.3) is 0 Å². The molecule has 2 aromatic carbocycles. The number of hydrogen-bond donors (Lipinski definition) is 0. The average Bonchev–Trinajstić information content (AvgIpc) is 2.73. The Morgan fingerprint density at radius 2 is 1.43 bits per heavy atom. The summed E-state index contributed by atoms with van der Waals surface area (Å²) in [7, 11) is 0. The maximum atomic E-state index is 12.5. The molecule has 0 amide bonds.